The third-order valence-corrected chi connectivity index (χ3v) is 6.28. The van der Waals surface area contributed by atoms with Crippen molar-refractivity contribution in [2.24, 2.45) is 0 Å². The molecule has 1 unspecified atom stereocenters. The lowest BCUT2D eigenvalue weighted by atomic mass is 10.1. The van der Waals surface area contributed by atoms with E-state index in [4.69, 9.17) is 0 Å². The Hall–Kier alpha value is -0.910. The zero-order valence-electron chi connectivity index (χ0n) is 13.0. The first-order valence-corrected chi connectivity index (χ1v) is 9.43. The Labute approximate surface area is 128 Å². The highest BCUT2D eigenvalue weighted by Gasteiger charge is 2.22. The van der Waals surface area contributed by atoms with Crippen LogP contribution in [0.1, 0.15) is 31.9 Å². The Morgan fingerprint density at radius 2 is 2.00 bits per heavy atom. The monoisotopic (exact) mass is 310 g/mol. The topological polar surface area (TPSA) is 49.4 Å². The number of hydrogen-bond acceptors (Lipinski definition) is 4. The predicted octanol–water partition coefficient (Wildman–Crippen LogP) is 1.85. The average molecular weight is 310 g/mol. The molecule has 0 saturated carbocycles. The van der Waals surface area contributed by atoms with Gasteiger partial charge >= 0.3 is 0 Å². The van der Waals surface area contributed by atoms with Gasteiger partial charge in [0.2, 0.25) is 0 Å². The van der Waals surface area contributed by atoms with Crippen LogP contribution in [0.4, 0.5) is 0 Å². The van der Waals surface area contributed by atoms with Crippen molar-refractivity contribution in [3.8, 4) is 0 Å². The van der Waals surface area contributed by atoms with Crippen molar-refractivity contribution in [2.45, 2.75) is 31.6 Å². The molecule has 1 aromatic carbocycles. The predicted molar refractivity (Wildman–Crippen MR) is 87.2 cm³/mol. The molecule has 0 amide bonds. The van der Waals surface area contributed by atoms with Gasteiger partial charge in [0.25, 0.3) is 0 Å². The fraction of sp³-hybridized carbons (Fsp3) is 0.625. The molecule has 0 radical (unpaired) electrons. The van der Waals surface area contributed by atoms with Crippen LogP contribution < -0.4 is 5.32 Å². The van der Waals surface area contributed by atoms with Gasteiger partial charge in [0.05, 0.1) is 11.0 Å². The summed E-state index contributed by atoms with van der Waals surface area (Å²) >= 11 is 0. The van der Waals surface area contributed by atoms with Gasteiger partial charge in [-0.25, -0.2) is 8.42 Å². The molecule has 1 N–H and O–H groups in total. The highest BCUT2D eigenvalue weighted by atomic mass is 32.2. The lowest BCUT2D eigenvalue weighted by Gasteiger charge is -2.25. The third kappa shape index (κ3) is 4.80. The van der Waals surface area contributed by atoms with Crippen LogP contribution in [0.2, 0.25) is 0 Å². The number of hydrogen-bond donors (Lipinski definition) is 1. The van der Waals surface area contributed by atoms with Crippen LogP contribution in [0, 0.1) is 0 Å². The first kappa shape index (κ1) is 16.5. The molecule has 2 rings (SSSR count). The van der Waals surface area contributed by atoms with Crippen LogP contribution in [0.25, 0.3) is 0 Å². The van der Waals surface area contributed by atoms with Gasteiger partial charge in [-0.05, 0) is 38.9 Å². The highest BCUT2D eigenvalue weighted by Crippen LogP contribution is 2.17. The molecular formula is C16H26N2O2S. The summed E-state index contributed by atoms with van der Waals surface area (Å²) in [6.45, 7) is 6.96. The smallest absolute Gasteiger partial charge is 0.153 e. The number of nitrogens with one attached hydrogen (secondary N) is 1. The molecule has 4 nitrogen and oxygen atoms in total. The summed E-state index contributed by atoms with van der Waals surface area (Å²) in [5.41, 5.74) is 1.27. The standard InChI is InChI=1S/C16H26N2O2S/c1-14(2)21(19,20)12-11-18-10-6-9-17-16(13-18)15-7-4-3-5-8-15/h3-5,7-8,14,16-17H,6,9-13H2,1-2H3. The zero-order chi connectivity index (χ0) is 15.3. The van der Waals surface area contributed by atoms with E-state index in [1.807, 2.05) is 6.07 Å². The fourth-order valence-corrected chi connectivity index (χ4v) is 3.58. The van der Waals surface area contributed by atoms with Crippen molar-refractivity contribution >= 4 is 9.84 Å². The van der Waals surface area contributed by atoms with E-state index in [1.165, 1.54) is 5.56 Å². The maximum absolute atomic E-state index is 12.0. The van der Waals surface area contributed by atoms with E-state index in [-0.39, 0.29) is 17.0 Å². The first-order chi connectivity index (χ1) is 9.99. The zero-order valence-corrected chi connectivity index (χ0v) is 13.8. The van der Waals surface area contributed by atoms with Gasteiger partial charge in [-0.15, -0.1) is 0 Å². The SMILES string of the molecule is CC(C)S(=O)(=O)CCN1CCCNC(c2ccccc2)C1. The quantitative estimate of drug-likeness (QED) is 0.902. The van der Waals surface area contributed by atoms with Crippen LogP contribution in [-0.2, 0) is 9.84 Å². The highest BCUT2D eigenvalue weighted by molar-refractivity contribution is 7.92. The normalized spacial score (nSPS) is 21.4. The van der Waals surface area contributed by atoms with Gasteiger partial charge < -0.3 is 10.2 Å². The summed E-state index contributed by atoms with van der Waals surface area (Å²) < 4.78 is 23.9. The first-order valence-electron chi connectivity index (χ1n) is 7.71. The summed E-state index contributed by atoms with van der Waals surface area (Å²) in [4.78, 5) is 2.28. The van der Waals surface area contributed by atoms with E-state index < -0.39 is 9.84 Å². The number of nitrogens with zero attached hydrogens (tertiary/aromatic N) is 1. The van der Waals surface area contributed by atoms with Crippen LogP contribution in [0.3, 0.4) is 0 Å². The lowest BCUT2D eigenvalue weighted by Crippen LogP contribution is -2.35. The van der Waals surface area contributed by atoms with Crippen molar-refractivity contribution in [1.82, 2.24) is 10.2 Å². The number of rotatable bonds is 5. The summed E-state index contributed by atoms with van der Waals surface area (Å²) in [6.07, 6.45) is 1.06. The van der Waals surface area contributed by atoms with Crippen LogP contribution in [0.5, 0.6) is 0 Å². The average Bonchev–Trinajstić information content (AvgIpc) is 2.71. The Balaban J connectivity index is 1.97. The Bertz CT molecular complexity index is 528. The van der Waals surface area contributed by atoms with Gasteiger partial charge in [0.15, 0.2) is 9.84 Å². The van der Waals surface area contributed by atoms with E-state index >= 15 is 0 Å². The second-order valence-corrected chi connectivity index (χ2v) is 8.66. The van der Waals surface area contributed by atoms with Crippen molar-refractivity contribution in [3.63, 3.8) is 0 Å². The second kappa shape index (κ2) is 7.38. The Morgan fingerprint density at radius 3 is 2.67 bits per heavy atom. The largest absolute Gasteiger partial charge is 0.309 e. The summed E-state index contributed by atoms with van der Waals surface area (Å²) in [5.74, 6) is 0.256. The molecular weight excluding hydrogens is 284 g/mol. The van der Waals surface area contributed by atoms with E-state index in [0.29, 0.717) is 6.54 Å². The van der Waals surface area contributed by atoms with E-state index in [0.717, 1.165) is 26.1 Å². The van der Waals surface area contributed by atoms with Crippen LogP contribution in [0.15, 0.2) is 30.3 Å². The van der Waals surface area contributed by atoms with E-state index in [9.17, 15) is 8.42 Å². The summed E-state index contributed by atoms with van der Waals surface area (Å²) in [5, 5.41) is 3.27. The molecule has 0 bridgehead atoms. The Kier molecular flexibility index (Phi) is 5.79. The van der Waals surface area contributed by atoms with Crippen molar-refractivity contribution < 1.29 is 8.42 Å². The Morgan fingerprint density at radius 1 is 1.29 bits per heavy atom. The van der Waals surface area contributed by atoms with Gasteiger partial charge in [-0.1, -0.05) is 30.3 Å². The molecule has 21 heavy (non-hydrogen) atoms. The van der Waals surface area contributed by atoms with Crippen molar-refractivity contribution in [1.29, 1.82) is 0 Å². The molecule has 1 fully saturated rings. The van der Waals surface area contributed by atoms with E-state index in [2.05, 4.69) is 34.5 Å². The van der Waals surface area contributed by atoms with Gasteiger partial charge in [-0.3, -0.25) is 0 Å². The van der Waals surface area contributed by atoms with Gasteiger partial charge in [0.1, 0.15) is 0 Å². The number of sulfone groups is 1. The molecule has 1 heterocycles. The minimum Gasteiger partial charge on any atom is -0.309 e. The van der Waals surface area contributed by atoms with Gasteiger partial charge in [-0.2, -0.15) is 0 Å². The maximum atomic E-state index is 12.0. The van der Waals surface area contributed by atoms with E-state index in [1.54, 1.807) is 13.8 Å². The van der Waals surface area contributed by atoms with Crippen molar-refractivity contribution in [3.05, 3.63) is 35.9 Å². The molecule has 118 valence electrons. The summed E-state index contributed by atoms with van der Waals surface area (Å²) in [7, 11) is -2.95. The summed E-state index contributed by atoms with van der Waals surface area (Å²) in [6, 6.07) is 10.7. The minimum absolute atomic E-state index is 0.256. The second-order valence-electron chi connectivity index (χ2n) is 5.99. The molecule has 5 heteroatoms. The molecule has 1 aliphatic rings. The lowest BCUT2D eigenvalue weighted by molar-refractivity contribution is 0.283. The molecule has 0 aliphatic carbocycles. The fourth-order valence-electron chi connectivity index (χ4n) is 2.60. The van der Waals surface area contributed by atoms with Crippen LogP contribution in [-0.4, -0.2) is 50.5 Å². The molecule has 1 saturated heterocycles. The third-order valence-electron chi connectivity index (χ3n) is 4.09. The molecule has 0 spiro atoms. The van der Waals surface area contributed by atoms with Crippen molar-refractivity contribution in [2.75, 3.05) is 31.9 Å². The number of benzene rings is 1. The van der Waals surface area contributed by atoms with Gasteiger partial charge in [0, 0.05) is 19.1 Å². The molecule has 1 aliphatic heterocycles. The maximum Gasteiger partial charge on any atom is 0.153 e. The minimum atomic E-state index is -2.95. The van der Waals surface area contributed by atoms with Crippen LogP contribution >= 0.6 is 0 Å². The molecule has 1 atom stereocenters. The molecule has 0 aromatic heterocycles. The molecule has 1 aromatic rings.